The smallest absolute Gasteiger partial charge is 0.323 e. The molecule has 5 unspecified atom stereocenters. The van der Waals surface area contributed by atoms with Crippen molar-refractivity contribution in [1.29, 1.82) is 0 Å². The van der Waals surface area contributed by atoms with Gasteiger partial charge in [-0.3, -0.25) is 28.8 Å². The molecule has 5 aliphatic rings. The van der Waals surface area contributed by atoms with Gasteiger partial charge in [-0.25, -0.2) is 0 Å². The van der Waals surface area contributed by atoms with Gasteiger partial charge in [0.05, 0.1) is 0 Å². The van der Waals surface area contributed by atoms with E-state index in [0.29, 0.717) is 22.8 Å². The summed E-state index contributed by atoms with van der Waals surface area (Å²) in [6.45, 7) is 75.9. The molecule has 11 aromatic rings. The number of aryl methyl sites for hydroxylation is 3. The van der Waals surface area contributed by atoms with E-state index in [1.54, 1.807) is 0 Å². The van der Waals surface area contributed by atoms with Crippen LogP contribution in [0.1, 0.15) is 391 Å². The van der Waals surface area contributed by atoms with Gasteiger partial charge in [0.2, 0.25) is 0 Å². The summed E-state index contributed by atoms with van der Waals surface area (Å²) in [6, 6.07) is 73.9. The lowest BCUT2D eigenvalue weighted by molar-refractivity contribution is -0.134. The molecular formula is C125H150O12. The minimum Gasteiger partial charge on any atom is -0.426 e. The van der Waals surface area contributed by atoms with Crippen LogP contribution in [-0.2, 0) is 77.5 Å². The molecule has 0 N–H and O–H groups in total. The molecule has 5 heterocycles. The number of benzene rings is 11. The Morgan fingerprint density at radius 3 is 1.01 bits per heavy atom. The van der Waals surface area contributed by atoms with Crippen LogP contribution in [0.2, 0.25) is 0 Å². The van der Waals surface area contributed by atoms with Crippen molar-refractivity contribution >= 4 is 35.8 Å². The lowest BCUT2D eigenvalue weighted by atomic mass is 9.71. The van der Waals surface area contributed by atoms with Crippen LogP contribution in [0.3, 0.4) is 0 Å². The second-order valence-corrected chi connectivity index (χ2v) is 49.1. The molecule has 0 aromatic heterocycles. The van der Waals surface area contributed by atoms with Gasteiger partial charge in [-0.2, -0.15) is 0 Å². The second-order valence-electron chi connectivity index (χ2n) is 49.1. The van der Waals surface area contributed by atoms with Crippen molar-refractivity contribution in [3.63, 3.8) is 0 Å². The van der Waals surface area contributed by atoms with Crippen LogP contribution in [0.15, 0.2) is 218 Å². The fourth-order valence-corrected chi connectivity index (χ4v) is 20.1. The van der Waals surface area contributed by atoms with Crippen molar-refractivity contribution < 1.29 is 57.2 Å². The van der Waals surface area contributed by atoms with Crippen LogP contribution in [0.25, 0.3) is 0 Å². The largest absolute Gasteiger partial charge is 0.426 e. The Labute approximate surface area is 818 Å². The summed E-state index contributed by atoms with van der Waals surface area (Å²) in [5, 5.41) is 0. The van der Waals surface area contributed by atoms with Crippen LogP contribution in [0, 0.1) is 38.5 Å². The van der Waals surface area contributed by atoms with Crippen LogP contribution in [-0.4, -0.2) is 35.8 Å². The third kappa shape index (κ3) is 23.3. The molecule has 12 nitrogen and oxygen atoms in total. The van der Waals surface area contributed by atoms with E-state index in [0.717, 1.165) is 108 Å². The van der Waals surface area contributed by atoms with Gasteiger partial charge in [-0.05, 0) is 202 Å². The molecule has 0 fully saturated rings. The van der Waals surface area contributed by atoms with Crippen molar-refractivity contribution in [3.05, 3.63) is 352 Å². The van der Waals surface area contributed by atoms with Crippen LogP contribution in [0.4, 0.5) is 0 Å². The quantitative estimate of drug-likeness (QED) is 0.0843. The van der Waals surface area contributed by atoms with Gasteiger partial charge in [-0.15, -0.1) is 0 Å². The molecule has 16 rings (SSSR count). The molecule has 0 spiro atoms. The SMILES string of the molecule is CC(=O)Oc1ccc(C(C)(C)CC(C)(C)C)cc1C1C(=O)Oc2ccc(C(C)(C)CC(C)(C)C)cc21.CC(C)(C)c1cc2c(c(C(C)(C)C)c1)OC(=O)C2c1ccccc1.CC(C)(c1ccccc1)c1ccc2c(c1)C(c1ccccc1)C(=O)O2.Cc1ccc(C2C(=O)Oc3c2cc(C(C)(C)C)cc3C(C)(C)C)cc1C.Cc1cccc(C2C(=O)Oc3c2cc(C(C)(C)C)cc3C(C)(C)C)c1C. The molecule has 5 aliphatic heterocycles. The summed E-state index contributed by atoms with van der Waals surface area (Å²) in [7, 11) is 0. The lowest BCUT2D eigenvalue weighted by Crippen LogP contribution is -2.25. The molecule has 0 saturated carbocycles. The van der Waals surface area contributed by atoms with Crippen molar-refractivity contribution in [3.8, 4) is 34.5 Å². The molecule has 137 heavy (non-hydrogen) atoms. The number of fused-ring (bicyclic) bond motifs is 5. The van der Waals surface area contributed by atoms with Crippen LogP contribution in [0.5, 0.6) is 34.5 Å². The van der Waals surface area contributed by atoms with Gasteiger partial charge in [0.25, 0.3) is 0 Å². The van der Waals surface area contributed by atoms with Gasteiger partial charge in [-0.1, -0.05) is 402 Å². The number of esters is 6. The highest BCUT2D eigenvalue weighted by Crippen LogP contribution is 2.54. The maximum atomic E-state index is 13.3. The van der Waals surface area contributed by atoms with Gasteiger partial charge in [0.1, 0.15) is 64.1 Å². The summed E-state index contributed by atoms with van der Waals surface area (Å²) >= 11 is 0. The number of hydrogen-bond donors (Lipinski definition) is 0. The Balaban J connectivity index is 0.000000155. The molecule has 0 radical (unpaired) electrons. The molecule has 11 aromatic carbocycles. The van der Waals surface area contributed by atoms with E-state index in [2.05, 4.69) is 351 Å². The topological polar surface area (TPSA) is 158 Å². The van der Waals surface area contributed by atoms with Gasteiger partial charge in [0, 0.05) is 62.4 Å². The first-order chi connectivity index (χ1) is 63.2. The van der Waals surface area contributed by atoms with Crippen LogP contribution < -0.4 is 28.4 Å². The van der Waals surface area contributed by atoms with E-state index in [1.807, 2.05) is 103 Å². The molecular weight excluding hydrogens is 1690 g/mol. The molecule has 0 amide bonds. The van der Waals surface area contributed by atoms with E-state index in [1.165, 1.54) is 57.0 Å². The fraction of sp³-hybridized carbons (Fsp3) is 0.424. The minimum atomic E-state index is -0.648. The minimum absolute atomic E-state index is 0.00681. The number of hydrogen-bond acceptors (Lipinski definition) is 12. The van der Waals surface area contributed by atoms with E-state index in [9.17, 15) is 28.8 Å². The average molecular weight is 1840 g/mol. The summed E-state index contributed by atoms with van der Waals surface area (Å²) < 4.78 is 34.3. The monoisotopic (exact) mass is 1840 g/mol. The number of carbonyl (C=O) groups excluding carboxylic acids is 6. The van der Waals surface area contributed by atoms with Crippen molar-refractivity contribution in [2.75, 3.05) is 0 Å². The summed E-state index contributed by atoms with van der Waals surface area (Å²) in [5.74, 6) is 0.494. The van der Waals surface area contributed by atoms with E-state index >= 15 is 0 Å². The highest BCUT2D eigenvalue weighted by atomic mass is 16.6. The highest BCUT2D eigenvalue weighted by Gasteiger charge is 2.46. The Morgan fingerprint density at radius 1 is 0.270 bits per heavy atom. The standard InChI is InChI=1S/C32H44O4.2C24H30O2.C23H20O2.C22H26O2/c1-20(33)35-25-14-12-21(31(8,9)18-29(2,3)4)16-23(25)27-24-17-22(13-15-26(24)36-28(27)34)32(10,11)19-30(5,6)7;1-14-9-10-16(11-15(14)2)20-18-12-17(23(3,4)5)13-19(24(6,7)8)21(18)26-22(20)25;1-14-10-9-11-17(15(14)2)20-18-12-16(23(3,4)5)13-19(24(6,7)8)21(18)26-22(20)25;1-23(2,17-11-7-4-8-12-17)18-13-14-20-19(15-18)21(22(24)25-20)16-9-5-3-6-10-16;1-21(2,3)15-12-16-18(14-10-8-7-9-11-14)20(23)24-19(16)17(13-15)22(4,5)6/h12-17,27H,18-19H2,1-11H3;2*9-13,20H,1-8H3;3-15,21H,1-2H3;7-13,18H,1-6H3. The van der Waals surface area contributed by atoms with Gasteiger partial charge in [0.15, 0.2) is 0 Å². The summed E-state index contributed by atoms with van der Waals surface area (Å²) in [4.78, 5) is 76.1. The zero-order valence-corrected chi connectivity index (χ0v) is 88.5. The van der Waals surface area contributed by atoms with Gasteiger partial charge < -0.3 is 28.4 Å². The Morgan fingerprint density at radius 2 is 0.606 bits per heavy atom. The first-order valence-corrected chi connectivity index (χ1v) is 48.8. The first-order valence-electron chi connectivity index (χ1n) is 48.8. The number of ether oxygens (including phenoxy) is 6. The molecule has 0 saturated heterocycles. The zero-order valence-electron chi connectivity index (χ0n) is 88.5. The zero-order chi connectivity index (χ0) is 101. The number of carbonyl (C=O) groups is 6. The average Bonchev–Trinajstić information content (AvgIpc) is 1.62. The molecule has 0 bridgehead atoms. The van der Waals surface area contributed by atoms with E-state index in [4.69, 9.17) is 28.4 Å². The van der Waals surface area contributed by atoms with Crippen molar-refractivity contribution in [2.45, 2.75) is 333 Å². The summed E-state index contributed by atoms with van der Waals surface area (Å²) in [5.41, 5.74) is 25.8. The predicted molar refractivity (Wildman–Crippen MR) is 557 cm³/mol. The van der Waals surface area contributed by atoms with E-state index < -0.39 is 11.9 Å². The first kappa shape index (κ1) is 104. The van der Waals surface area contributed by atoms with Crippen molar-refractivity contribution in [2.24, 2.45) is 10.8 Å². The molecule has 12 heteroatoms. The van der Waals surface area contributed by atoms with E-state index in [-0.39, 0.29) is 113 Å². The second kappa shape index (κ2) is 38.6. The maximum Gasteiger partial charge on any atom is 0.323 e. The molecule has 722 valence electrons. The normalized spacial score (nSPS) is 17.0. The Kier molecular flexibility index (Phi) is 29.3. The third-order valence-electron chi connectivity index (χ3n) is 27.5. The Bertz CT molecular complexity index is 6390. The molecule has 0 aliphatic carbocycles. The molecule has 5 atom stereocenters. The number of rotatable bonds is 12. The summed E-state index contributed by atoms with van der Waals surface area (Å²) in [6.07, 6.45) is 1.95. The predicted octanol–water partition coefficient (Wildman–Crippen LogP) is 30.4. The highest BCUT2D eigenvalue weighted by molar-refractivity contribution is 5.94. The third-order valence-corrected chi connectivity index (χ3v) is 27.5. The lowest BCUT2D eigenvalue weighted by Gasteiger charge is -2.34. The van der Waals surface area contributed by atoms with Crippen molar-refractivity contribution in [1.82, 2.24) is 0 Å². The van der Waals surface area contributed by atoms with Gasteiger partial charge >= 0.3 is 35.8 Å². The van der Waals surface area contributed by atoms with Crippen LogP contribution >= 0.6 is 0 Å². The Hall–Kier alpha value is -11.8. The maximum absolute atomic E-state index is 13.3. The fourth-order valence-electron chi connectivity index (χ4n) is 20.1.